The summed E-state index contributed by atoms with van der Waals surface area (Å²) in [6.07, 6.45) is 0.555. The van der Waals surface area contributed by atoms with Crippen LogP contribution in [0.25, 0.3) is 22.1 Å². The maximum Gasteiger partial charge on any atom is 0.303 e. The van der Waals surface area contributed by atoms with Crippen LogP contribution in [0, 0.1) is 0 Å². The van der Waals surface area contributed by atoms with E-state index in [0.717, 1.165) is 5.39 Å². The van der Waals surface area contributed by atoms with E-state index >= 15 is 0 Å². The second kappa shape index (κ2) is 9.33. The summed E-state index contributed by atoms with van der Waals surface area (Å²) in [6.45, 7) is 2.58. The SMILES string of the molecule is CC(=O)O[C@H]1[C@H](n2cnc3c(Cl)ncnc32)O[C@]2(C[C@@H](Oc3ccc4ccc(Cl)nc4c3)C2)[C@H]1OC(C)=O. The number of ether oxygens (including phenoxy) is 4. The van der Waals surface area contributed by atoms with E-state index in [9.17, 15) is 9.59 Å². The second-order valence-electron chi connectivity index (χ2n) is 9.30. The van der Waals surface area contributed by atoms with Gasteiger partial charge < -0.3 is 18.9 Å². The first-order valence-corrected chi connectivity index (χ1v) is 12.6. The van der Waals surface area contributed by atoms with Crippen molar-refractivity contribution in [1.29, 1.82) is 0 Å². The molecular formula is C25H21Cl2N5O6. The molecule has 0 radical (unpaired) electrons. The lowest BCUT2D eigenvalue weighted by Gasteiger charge is -2.46. The van der Waals surface area contributed by atoms with E-state index in [-0.39, 0.29) is 11.3 Å². The number of carbonyl (C=O) groups excluding carboxylic acids is 2. The van der Waals surface area contributed by atoms with Gasteiger partial charge in [0.05, 0.1) is 11.8 Å². The summed E-state index contributed by atoms with van der Waals surface area (Å²) in [5, 5.41) is 1.50. The molecule has 0 N–H and O–H groups in total. The molecule has 4 heterocycles. The molecule has 0 bridgehead atoms. The highest BCUT2D eigenvalue weighted by Gasteiger charge is 2.66. The number of aromatic nitrogens is 5. The number of carbonyl (C=O) groups is 2. The van der Waals surface area contributed by atoms with E-state index in [4.69, 9.17) is 42.1 Å². The highest BCUT2D eigenvalue weighted by Crippen LogP contribution is 2.53. The number of halogens is 2. The Morgan fingerprint density at radius 2 is 1.82 bits per heavy atom. The third-order valence-electron chi connectivity index (χ3n) is 6.72. The topological polar surface area (TPSA) is 128 Å². The van der Waals surface area contributed by atoms with Crippen LogP contribution >= 0.6 is 23.2 Å². The summed E-state index contributed by atoms with van der Waals surface area (Å²) in [7, 11) is 0. The summed E-state index contributed by atoms with van der Waals surface area (Å²) in [4.78, 5) is 41.1. The van der Waals surface area contributed by atoms with Crippen LogP contribution in [-0.4, -0.2) is 60.4 Å². The van der Waals surface area contributed by atoms with Crippen LogP contribution in [-0.2, 0) is 23.8 Å². The summed E-state index contributed by atoms with van der Waals surface area (Å²) in [5.41, 5.74) is 0.499. The maximum absolute atomic E-state index is 12.1. The number of pyridine rings is 1. The smallest absolute Gasteiger partial charge is 0.303 e. The molecule has 1 saturated carbocycles. The Balaban J connectivity index is 1.30. The Hall–Kier alpha value is -3.54. The summed E-state index contributed by atoms with van der Waals surface area (Å²) >= 11 is 12.2. The number of imidazole rings is 1. The molecule has 196 valence electrons. The molecule has 2 aliphatic rings. The molecule has 6 rings (SSSR count). The van der Waals surface area contributed by atoms with Crippen LogP contribution in [0.4, 0.5) is 0 Å². The van der Waals surface area contributed by atoms with E-state index < -0.39 is 36.0 Å². The molecule has 1 aliphatic heterocycles. The van der Waals surface area contributed by atoms with E-state index in [1.165, 1.54) is 26.5 Å². The van der Waals surface area contributed by atoms with Crippen molar-refractivity contribution >= 4 is 57.2 Å². The van der Waals surface area contributed by atoms with E-state index in [1.807, 2.05) is 24.3 Å². The molecule has 13 heteroatoms. The van der Waals surface area contributed by atoms with Crippen LogP contribution < -0.4 is 4.74 Å². The quantitative estimate of drug-likeness (QED) is 0.201. The number of benzene rings is 1. The van der Waals surface area contributed by atoms with Crippen molar-refractivity contribution in [2.45, 2.75) is 56.8 Å². The average molecular weight is 558 g/mol. The Bertz CT molecular complexity index is 1570. The molecule has 0 amide bonds. The summed E-state index contributed by atoms with van der Waals surface area (Å²) < 4.78 is 25.7. The van der Waals surface area contributed by atoms with Gasteiger partial charge >= 0.3 is 11.9 Å². The number of esters is 2. The average Bonchev–Trinajstić information content (AvgIpc) is 3.39. The first kappa shape index (κ1) is 24.8. The van der Waals surface area contributed by atoms with Crippen molar-refractivity contribution in [3.63, 3.8) is 0 Å². The lowest BCUT2D eigenvalue weighted by molar-refractivity contribution is -0.197. The van der Waals surface area contributed by atoms with Gasteiger partial charge in [-0.05, 0) is 24.3 Å². The molecule has 0 unspecified atom stereocenters. The number of rotatable bonds is 5. The molecule has 38 heavy (non-hydrogen) atoms. The molecule has 1 aromatic carbocycles. The minimum atomic E-state index is -0.965. The van der Waals surface area contributed by atoms with Gasteiger partial charge in [-0.25, -0.2) is 19.9 Å². The predicted molar refractivity (Wildman–Crippen MR) is 135 cm³/mol. The Labute approximate surface area is 226 Å². The highest BCUT2D eigenvalue weighted by molar-refractivity contribution is 6.33. The zero-order valence-electron chi connectivity index (χ0n) is 20.2. The van der Waals surface area contributed by atoms with Crippen molar-refractivity contribution in [3.05, 3.63) is 53.3 Å². The fourth-order valence-corrected chi connectivity index (χ4v) is 5.50. The molecule has 1 spiro atoms. The van der Waals surface area contributed by atoms with Crippen molar-refractivity contribution in [1.82, 2.24) is 24.5 Å². The van der Waals surface area contributed by atoms with Crippen LogP contribution in [0.1, 0.15) is 32.9 Å². The highest BCUT2D eigenvalue weighted by atomic mass is 35.5. The maximum atomic E-state index is 12.1. The fraction of sp³-hybridized carbons (Fsp3) is 0.360. The summed E-state index contributed by atoms with van der Waals surface area (Å²) in [6, 6.07) is 9.19. The summed E-state index contributed by atoms with van der Waals surface area (Å²) in [5.74, 6) is -0.461. The fourth-order valence-electron chi connectivity index (χ4n) is 5.17. The van der Waals surface area contributed by atoms with Crippen LogP contribution in [0.2, 0.25) is 10.3 Å². The van der Waals surface area contributed by atoms with Crippen molar-refractivity contribution in [2.75, 3.05) is 0 Å². The lowest BCUT2D eigenvalue weighted by atomic mass is 9.73. The van der Waals surface area contributed by atoms with Gasteiger partial charge in [-0.15, -0.1) is 0 Å². The van der Waals surface area contributed by atoms with Gasteiger partial charge in [0.15, 0.2) is 29.2 Å². The normalized spacial score (nSPS) is 26.4. The van der Waals surface area contributed by atoms with Gasteiger partial charge in [0, 0.05) is 38.1 Å². The number of fused-ring (bicyclic) bond motifs is 2. The zero-order valence-corrected chi connectivity index (χ0v) is 21.7. The zero-order chi connectivity index (χ0) is 26.6. The molecule has 1 saturated heterocycles. The van der Waals surface area contributed by atoms with Crippen LogP contribution in [0.5, 0.6) is 5.75 Å². The Morgan fingerprint density at radius 3 is 2.58 bits per heavy atom. The minimum Gasteiger partial charge on any atom is -0.490 e. The third kappa shape index (κ3) is 4.30. The van der Waals surface area contributed by atoms with E-state index in [0.29, 0.717) is 40.4 Å². The second-order valence-corrected chi connectivity index (χ2v) is 10.0. The number of hydrogen-bond acceptors (Lipinski definition) is 10. The first-order valence-electron chi connectivity index (χ1n) is 11.8. The molecule has 11 nitrogen and oxygen atoms in total. The van der Waals surface area contributed by atoms with Crippen molar-refractivity contribution in [3.8, 4) is 5.75 Å². The Morgan fingerprint density at radius 1 is 1.05 bits per heavy atom. The lowest BCUT2D eigenvalue weighted by Crippen LogP contribution is -2.58. The largest absolute Gasteiger partial charge is 0.490 e. The molecule has 3 atom stereocenters. The van der Waals surface area contributed by atoms with E-state index in [2.05, 4.69) is 19.9 Å². The molecular weight excluding hydrogens is 537 g/mol. The molecule has 3 aromatic heterocycles. The van der Waals surface area contributed by atoms with Gasteiger partial charge in [0.25, 0.3) is 0 Å². The van der Waals surface area contributed by atoms with Gasteiger partial charge in [-0.1, -0.05) is 23.2 Å². The predicted octanol–water partition coefficient (Wildman–Crippen LogP) is 4.05. The van der Waals surface area contributed by atoms with Crippen molar-refractivity contribution in [2.24, 2.45) is 0 Å². The number of nitrogens with zero attached hydrogens (tertiary/aromatic N) is 5. The molecule has 1 aliphatic carbocycles. The van der Waals surface area contributed by atoms with Gasteiger partial charge in [0.2, 0.25) is 0 Å². The first-order chi connectivity index (χ1) is 18.2. The van der Waals surface area contributed by atoms with Gasteiger partial charge in [-0.3, -0.25) is 14.2 Å². The third-order valence-corrected chi connectivity index (χ3v) is 7.20. The van der Waals surface area contributed by atoms with Crippen LogP contribution in [0.15, 0.2) is 43.0 Å². The van der Waals surface area contributed by atoms with Gasteiger partial charge in [-0.2, -0.15) is 0 Å². The van der Waals surface area contributed by atoms with E-state index in [1.54, 1.807) is 10.6 Å². The van der Waals surface area contributed by atoms with Gasteiger partial charge in [0.1, 0.15) is 34.5 Å². The minimum absolute atomic E-state index is 0.172. The standard InChI is InChI=1S/C25H21Cl2N5O6/c1-12(33)35-20-21(36-13(2)34)25(38-24(20)32-11-30-19-22(27)28-10-29-23(19)32)8-16(9-25)37-15-5-3-14-4-6-18(26)31-17(14)7-15/h3-7,10-11,16,20-21,24H,8-9H2,1-2H3/t16-,20-,21+,24-,25+/m1/s1. The van der Waals surface area contributed by atoms with Crippen LogP contribution in [0.3, 0.4) is 0 Å². The Kier molecular flexibility index (Phi) is 6.09. The van der Waals surface area contributed by atoms with Crippen molar-refractivity contribution < 1.29 is 28.5 Å². The number of hydrogen-bond donors (Lipinski definition) is 0. The molecule has 4 aromatic rings. The monoisotopic (exact) mass is 557 g/mol. The molecule has 2 fully saturated rings.